The van der Waals surface area contributed by atoms with Crippen molar-refractivity contribution in [3.05, 3.63) is 0 Å². The highest BCUT2D eigenvalue weighted by molar-refractivity contribution is 6.57. The van der Waals surface area contributed by atoms with E-state index in [1.54, 1.807) is 21.3 Å². The summed E-state index contributed by atoms with van der Waals surface area (Å²) in [6.45, 7) is 3.23. The van der Waals surface area contributed by atoms with Crippen LogP contribution >= 0.6 is 0 Å². The summed E-state index contributed by atoms with van der Waals surface area (Å²) in [7, 11) is 1.96. The Labute approximate surface area is 98.4 Å². The van der Waals surface area contributed by atoms with Crippen LogP contribution in [0.25, 0.3) is 0 Å². The van der Waals surface area contributed by atoms with Crippen LogP contribution in [0.3, 0.4) is 0 Å². The molecular weight excluding hydrogens is 228 g/mol. The molecule has 16 heavy (non-hydrogen) atoms. The fourth-order valence-electron chi connectivity index (χ4n) is 1.10. The third kappa shape index (κ3) is 6.50. The summed E-state index contributed by atoms with van der Waals surface area (Å²) in [5.41, 5.74) is 8.37. The molecule has 98 valence electrons. The van der Waals surface area contributed by atoms with Gasteiger partial charge in [-0.2, -0.15) is 0 Å². The van der Waals surface area contributed by atoms with Crippen LogP contribution in [0.5, 0.6) is 0 Å². The molecule has 0 radical (unpaired) electrons. The quantitative estimate of drug-likeness (QED) is 0.200. The lowest BCUT2D eigenvalue weighted by Crippen LogP contribution is -2.62. The van der Waals surface area contributed by atoms with E-state index in [1.807, 2.05) is 0 Å². The van der Waals surface area contributed by atoms with Gasteiger partial charge in [0.05, 0.1) is 0 Å². The van der Waals surface area contributed by atoms with Crippen LogP contribution < -0.4 is 21.6 Å². The average Bonchev–Trinajstić information content (AvgIpc) is 2.34. The molecule has 0 aliphatic heterocycles. The fourth-order valence-corrected chi connectivity index (χ4v) is 2.25. The molecule has 0 bridgehead atoms. The Bertz CT molecular complexity index is 152. The fraction of sp³-hybridized carbons (Fsp3) is 1.00. The standard InChI is InChI=1S/C8H24N4O3Si/c1-13-16(14-2,15-3)12-11-7-4-6-10-8-5-9/h10-12H,4-9H2,1-3H3. The second kappa shape index (κ2) is 10.1. The molecule has 0 heterocycles. The van der Waals surface area contributed by atoms with Crippen molar-refractivity contribution in [3.63, 3.8) is 0 Å². The summed E-state index contributed by atoms with van der Waals surface area (Å²) in [5.74, 6) is 0. The highest BCUT2D eigenvalue weighted by Gasteiger charge is 2.38. The highest BCUT2D eigenvalue weighted by atomic mass is 28.4. The van der Waals surface area contributed by atoms with Gasteiger partial charge in [-0.1, -0.05) is 0 Å². The summed E-state index contributed by atoms with van der Waals surface area (Å²) in [5, 5.41) is 6.14. The van der Waals surface area contributed by atoms with Crippen molar-refractivity contribution in [1.82, 2.24) is 15.8 Å². The van der Waals surface area contributed by atoms with Gasteiger partial charge in [0.2, 0.25) is 0 Å². The summed E-state index contributed by atoms with van der Waals surface area (Å²) < 4.78 is 15.5. The molecule has 0 atom stereocenters. The van der Waals surface area contributed by atoms with E-state index >= 15 is 0 Å². The molecule has 0 aromatic heterocycles. The van der Waals surface area contributed by atoms with E-state index in [0.29, 0.717) is 6.54 Å². The van der Waals surface area contributed by atoms with Crippen molar-refractivity contribution in [1.29, 1.82) is 0 Å². The van der Waals surface area contributed by atoms with E-state index in [0.717, 1.165) is 26.1 Å². The zero-order valence-corrected chi connectivity index (χ0v) is 11.3. The number of nitrogens with two attached hydrogens (primary N) is 1. The molecule has 0 spiro atoms. The molecule has 0 amide bonds. The van der Waals surface area contributed by atoms with Gasteiger partial charge < -0.3 is 24.3 Å². The van der Waals surface area contributed by atoms with Gasteiger partial charge in [0.15, 0.2) is 0 Å². The maximum absolute atomic E-state index is 5.35. The smallest absolute Gasteiger partial charge is 0.364 e. The van der Waals surface area contributed by atoms with E-state index in [-0.39, 0.29) is 0 Å². The Kier molecular flexibility index (Phi) is 10.1. The predicted octanol–water partition coefficient (Wildman–Crippen LogP) is -1.61. The van der Waals surface area contributed by atoms with E-state index in [2.05, 4.69) is 15.8 Å². The molecule has 0 saturated heterocycles. The minimum absolute atomic E-state index is 0.665. The highest BCUT2D eigenvalue weighted by Crippen LogP contribution is 1.98. The Balaban J connectivity index is 3.48. The van der Waals surface area contributed by atoms with E-state index < -0.39 is 8.97 Å². The number of hydrogen-bond donors (Lipinski definition) is 4. The molecular formula is C8H24N4O3Si. The third-order valence-corrected chi connectivity index (χ3v) is 4.12. The first-order valence-electron chi connectivity index (χ1n) is 5.31. The summed E-state index contributed by atoms with van der Waals surface area (Å²) in [4.78, 5) is 0. The summed E-state index contributed by atoms with van der Waals surface area (Å²) >= 11 is 0. The van der Waals surface area contributed by atoms with Crippen LogP contribution in [0.15, 0.2) is 0 Å². The normalized spacial score (nSPS) is 12.0. The van der Waals surface area contributed by atoms with Crippen molar-refractivity contribution >= 4 is 8.97 Å². The van der Waals surface area contributed by atoms with Gasteiger partial charge in [-0.25, -0.2) is 5.09 Å². The van der Waals surface area contributed by atoms with Crippen LogP contribution in [0, 0.1) is 0 Å². The first-order chi connectivity index (χ1) is 7.74. The number of hydrogen-bond acceptors (Lipinski definition) is 7. The van der Waals surface area contributed by atoms with Gasteiger partial charge in [0, 0.05) is 41.0 Å². The lowest BCUT2D eigenvalue weighted by Gasteiger charge is -2.24. The van der Waals surface area contributed by atoms with Gasteiger partial charge in [-0.3, -0.25) is 5.43 Å². The lowest BCUT2D eigenvalue weighted by molar-refractivity contribution is 0.104. The maximum Gasteiger partial charge on any atom is 0.610 e. The molecule has 7 nitrogen and oxygen atoms in total. The average molecular weight is 252 g/mol. The molecule has 0 aromatic rings. The van der Waals surface area contributed by atoms with E-state index in [9.17, 15) is 0 Å². The van der Waals surface area contributed by atoms with E-state index in [1.165, 1.54) is 0 Å². The van der Waals surface area contributed by atoms with Crippen LogP contribution in [-0.2, 0) is 13.3 Å². The number of rotatable bonds is 11. The molecule has 5 N–H and O–H groups in total. The molecule has 0 unspecified atom stereocenters. The molecule has 0 aliphatic carbocycles. The first kappa shape index (κ1) is 15.9. The van der Waals surface area contributed by atoms with Crippen molar-refractivity contribution in [2.75, 3.05) is 47.5 Å². The predicted molar refractivity (Wildman–Crippen MR) is 64.5 cm³/mol. The zero-order valence-electron chi connectivity index (χ0n) is 10.3. The van der Waals surface area contributed by atoms with Crippen molar-refractivity contribution in [3.8, 4) is 0 Å². The van der Waals surface area contributed by atoms with Crippen LogP contribution in [0.2, 0.25) is 0 Å². The van der Waals surface area contributed by atoms with Gasteiger partial charge in [0.1, 0.15) is 0 Å². The Morgan fingerprint density at radius 3 is 2.12 bits per heavy atom. The molecule has 8 heteroatoms. The second-order valence-electron chi connectivity index (χ2n) is 3.11. The van der Waals surface area contributed by atoms with Crippen molar-refractivity contribution < 1.29 is 13.3 Å². The van der Waals surface area contributed by atoms with Crippen LogP contribution in [0.1, 0.15) is 6.42 Å². The Morgan fingerprint density at radius 1 is 1.00 bits per heavy atom. The topological polar surface area (TPSA) is 89.8 Å². The van der Waals surface area contributed by atoms with Crippen molar-refractivity contribution in [2.45, 2.75) is 6.42 Å². The Morgan fingerprint density at radius 2 is 1.62 bits per heavy atom. The van der Waals surface area contributed by atoms with Crippen LogP contribution in [-0.4, -0.2) is 56.5 Å². The Hall–Kier alpha value is -0.0631. The van der Waals surface area contributed by atoms with Gasteiger partial charge in [0.25, 0.3) is 0 Å². The minimum atomic E-state index is -2.69. The third-order valence-electron chi connectivity index (χ3n) is 2.02. The molecule has 0 saturated carbocycles. The second-order valence-corrected chi connectivity index (χ2v) is 5.70. The first-order valence-corrected chi connectivity index (χ1v) is 7.03. The minimum Gasteiger partial charge on any atom is -0.364 e. The zero-order chi connectivity index (χ0) is 12.3. The molecule has 0 fully saturated rings. The summed E-state index contributed by atoms with van der Waals surface area (Å²) in [6, 6.07) is 0. The summed E-state index contributed by atoms with van der Waals surface area (Å²) in [6.07, 6.45) is 0.981. The number of nitrogens with one attached hydrogen (secondary N) is 3. The van der Waals surface area contributed by atoms with Gasteiger partial charge in [-0.05, 0) is 13.0 Å². The van der Waals surface area contributed by atoms with Gasteiger partial charge >= 0.3 is 8.97 Å². The van der Waals surface area contributed by atoms with Gasteiger partial charge in [-0.15, -0.1) is 0 Å². The number of hydrazine groups is 1. The largest absolute Gasteiger partial charge is 0.610 e. The van der Waals surface area contributed by atoms with Crippen molar-refractivity contribution in [2.24, 2.45) is 5.73 Å². The van der Waals surface area contributed by atoms with E-state index in [4.69, 9.17) is 19.0 Å². The monoisotopic (exact) mass is 252 g/mol. The SMILES string of the molecule is CO[Si](NNCCCNCCN)(OC)OC. The van der Waals surface area contributed by atoms with Crippen LogP contribution in [0.4, 0.5) is 0 Å². The lowest BCUT2D eigenvalue weighted by atomic mass is 10.4. The maximum atomic E-state index is 5.35. The molecule has 0 aliphatic rings. The molecule has 0 rings (SSSR count). The molecule has 0 aromatic carbocycles.